The van der Waals surface area contributed by atoms with Gasteiger partial charge in [-0.25, -0.2) is 19.2 Å². The van der Waals surface area contributed by atoms with Crippen molar-refractivity contribution in [2.24, 2.45) is 0 Å². The summed E-state index contributed by atoms with van der Waals surface area (Å²) in [6.45, 7) is 5.99. The SMILES string of the molecule is CCOC(=O)C(C(=O)OCC)=C(O)/C=C/C=C/C(O)=C(C(=O)OCC)C(=O)OCC. The van der Waals surface area contributed by atoms with E-state index in [1.54, 1.807) is 0 Å². The maximum absolute atomic E-state index is 11.9. The number of aliphatic hydroxyl groups is 2. The molecular formula is C20H26O10. The van der Waals surface area contributed by atoms with E-state index in [0.717, 1.165) is 24.3 Å². The fraction of sp³-hybridized carbons (Fsp3) is 0.400. The van der Waals surface area contributed by atoms with Crippen LogP contribution < -0.4 is 0 Å². The van der Waals surface area contributed by atoms with Crippen molar-refractivity contribution in [3.63, 3.8) is 0 Å². The second kappa shape index (κ2) is 14.4. The van der Waals surface area contributed by atoms with Crippen LogP contribution in [0.25, 0.3) is 0 Å². The second-order valence-electron chi connectivity index (χ2n) is 5.12. The summed E-state index contributed by atoms with van der Waals surface area (Å²) in [7, 11) is 0. The van der Waals surface area contributed by atoms with E-state index in [4.69, 9.17) is 18.9 Å². The molecule has 0 aromatic heterocycles. The van der Waals surface area contributed by atoms with Gasteiger partial charge in [0, 0.05) is 0 Å². The summed E-state index contributed by atoms with van der Waals surface area (Å²) in [5.74, 6) is -5.77. The van der Waals surface area contributed by atoms with Crippen LogP contribution >= 0.6 is 0 Å². The molecule has 0 saturated carbocycles. The maximum atomic E-state index is 11.9. The van der Waals surface area contributed by atoms with Gasteiger partial charge in [0.15, 0.2) is 11.1 Å². The van der Waals surface area contributed by atoms with Crippen molar-refractivity contribution < 1.29 is 48.3 Å². The third-order valence-corrected chi connectivity index (χ3v) is 3.05. The Labute approximate surface area is 174 Å². The molecule has 0 aliphatic heterocycles. The molecule has 0 fully saturated rings. The smallest absolute Gasteiger partial charge is 0.349 e. The van der Waals surface area contributed by atoms with Crippen LogP contribution in [0.2, 0.25) is 0 Å². The largest absolute Gasteiger partial charge is 0.507 e. The molecule has 0 spiro atoms. The summed E-state index contributed by atoms with van der Waals surface area (Å²) in [5, 5.41) is 20.1. The molecule has 0 rings (SSSR count). The predicted octanol–water partition coefficient (Wildman–Crippen LogP) is 1.98. The number of aliphatic hydroxyl groups excluding tert-OH is 2. The van der Waals surface area contributed by atoms with Gasteiger partial charge in [-0.05, 0) is 39.8 Å². The Bertz CT molecular complexity index is 652. The molecule has 0 radical (unpaired) electrons. The number of carbonyl (C=O) groups excluding carboxylic acids is 4. The number of rotatable bonds is 11. The highest BCUT2D eigenvalue weighted by Crippen LogP contribution is 2.11. The van der Waals surface area contributed by atoms with Crippen molar-refractivity contribution in [1.29, 1.82) is 0 Å². The van der Waals surface area contributed by atoms with Crippen molar-refractivity contribution in [3.05, 3.63) is 47.0 Å². The van der Waals surface area contributed by atoms with Gasteiger partial charge in [0.05, 0.1) is 26.4 Å². The number of hydrogen-bond donors (Lipinski definition) is 2. The Kier molecular flexibility index (Phi) is 12.7. The normalized spacial score (nSPS) is 10.4. The van der Waals surface area contributed by atoms with E-state index in [0.29, 0.717) is 0 Å². The lowest BCUT2D eigenvalue weighted by Gasteiger charge is -2.07. The molecule has 166 valence electrons. The lowest BCUT2D eigenvalue weighted by atomic mass is 10.2. The number of allylic oxidation sites excluding steroid dienone is 4. The van der Waals surface area contributed by atoms with Gasteiger partial charge in [0.2, 0.25) is 0 Å². The molecule has 0 aromatic carbocycles. The number of hydrogen-bond acceptors (Lipinski definition) is 10. The lowest BCUT2D eigenvalue weighted by molar-refractivity contribution is -0.148. The quantitative estimate of drug-likeness (QED) is 0.0956. The minimum Gasteiger partial charge on any atom is -0.507 e. The first-order valence-electron chi connectivity index (χ1n) is 9.14. The van der Waals surface area contributed by atoms with Crippen molar-refractivity contribution in [2.75, 3.05) is 26.4 Å². The molecule has 0 aromatic rings. The molecule has 0 bridgehead atoms. The van der Waals surface area contributed by atoms with Crippen LogP contribution in [0, 0.1) is 0 Å². The zero-order chi connectivity index (χ0) is 23.1. The third-order valence-electron chi connectivity index (χ3n) is 3.05. The molecule has 10 heteroatoms. The monoisotopic (exact) mass is 426 g/mol. The Morgan fingerprint density at radius 1 is 0.567 bits per heavy atom. The summed E-state index contributed by atoms with van der Waals surface area (Å²) < 4.78 is 18.8. The van der Waals surface area contributed by atoms with Gasteiger partial charge < -0.3 is 29.2 Å². The minimum atomic E-state index is -1.07. The highest BCUT2D eigenvalue weighted by molar-refractivity contribution is 6.15. The third kappa shape index (κ3) is 8.63. The second-order valence-corrected chi connectivity index (χ2v) is 5.12. The van der Waals surface area contributed by atoms with E-state index < -0.39 is 46.5 Å². The number of ether oxygens (including phenoxy) is 4. The fourth-order valence-electron chi connectivity index (χ4n) is 1.86. The first-order valence-corrected chi connectivity index (χ1v) is 9.14. The van der Waals surface area contributed by atoms with Crippen LogP contribution in [0.1, 0.15) is 27.7 Å². The molecule has 0 unspecified atom stereocenters. The van der Waals surface area contributed by atoms with Gasteiger partial charge >= 0.3 is 23.9 Å². The number of carbonyl (C=O) groups is 4. The summed E-state index contributed by atoms with van der Waals surface area (Å²) in [5.41, 5.74) is -1.41. The van der Waals surface area contributed by atoms with Crippen molar-refractivity contribution in [2.45, 2.75) is 27.7 Å². The van der Waals surface area contributed by atoms with Gasteiger partial charge in [0.1, 0.15) is 11.5 Å². The van der Waals surface area contributed by atoms with Gasteiger partial charge in [-0.2, -0.15) is 0 Å². The zero-order valence-corrected chi connectivity index (χ0v) is 17.3. The topological polar surface area (TPSA) is 146 Å². The summed E-state index contributed by atoms with van der Waals surface area (Å²) in [6.07, 6.45) is 4.19. The highest BCUT2D eigenvalue weighted by atomic mass is 16.6. The van der Waals surface area contributed by atoms with E-state index in [1.165, 1.54) is 27.7 Å². The first-order chi connectivity index (χ1) is 14.2. The summed E-state index contributed by atoms with van der Waals surface area (Å²) >= 11 is 0. The fourth-order valence-corrected chi connectivity index (χ4v) is 1.86. The summed E-state index contributed by atoms with van der Waals surface area (Å²) in [4.78, 5) is 47.4. The van der Waals surface area contributed by atoms with Gasteiger partial charge in [0.25, 0.3) is 0 Å². The molecule has 10 nitrogen and oxygen atoms in total. The van der Waals surface area contributed by atoms with Gasteiger partial charge in [-0.15, -0.1) is 0 Å². The highest BCUT2D eigenvalue weighted by Gasteiger charge is 2.26. The van der Waals surface area contributed by atoms with Gasteiger partial charge in [-0.3, -0.25) is 0 Å². The molecule has 0 aliphatic rings. The van der Waals surface area contributed by atoms with Crippen LogP contribution in [0.4, 0.5) is 0 Å². The summed E-state index contributed by atoms with van der Waals surface area (Å²) in [6, 6.07) is 0. The molecule has 0 saturated heterocycles. The molecule has 30 heavy (non-hydrogen) atoms. The van der Waals surface area contributed by atoms with E-state index in [-0.39, 0.29) is 26.4 Å². The van der Waals surface area contributed by atoms with Crippen LogP contribution in [-0.2, 0) is 38.1 Å². The molecule has 0 atom stereocenters. The Morgan fingerprint density at radius 2 is 0.800 bits per heavy atom. The maximum Gasteiger partial charge on any atom is 0.349 e. The van der Waals surface area contributed by atoms with Crippen LogP contribution in [0.3, 0.4) is 0 Å². The Hall–Kier alpha value is -3.56. The Morgan fingerprint density at radius 3 is 1.00 bits per heavy atom. The van der Waals surface area contributed by atoms with Gasteiger partial charge in [-0.1, -0.05) is 12.2 Å². The number of esters is 4. The lowest BCUT2D eigenvalue weighted by Crippen LogP contribution is -2.20. The predicted molar refractivity (Wildman–Crippen MR) is 104 cm³/mol. The molecule has 0 amide bonds. The van der Waals surface area contributed by atoms with E-state index in [1.807, 2.05) is 0 Å². The first kappa shape index (κ1) is 26.4. The zero-order valence-electron chi connectivity index (χ0n) is 17.3. The van der Waals surface area contributed by atoms with Crippen LogP contribution in [0.5, 0.6) is 0 Å². The van der Waals surface area contributed by atoms with Crippen molar-refractivity contribution in [3.8, 4) is 0 Å². The molecular weight excluding hydrogens is 400 g/mol. The van der Waals surface area contributed by atoms with Crippen molar-refractivity contribution >= 4 is 23.9 Å². The van der Waals surface area contributed by atoms with Crippen LogP contribution in [0.15, 0.2) is 47.0 Å². The van der Waals surface area contributed by atoms with Crippen LogP contribution in [-0.4, -0.2) is 60.5 Å². The van der Waals surface area contributed by atoms with E-state index in [2.05, 4.69) is 0 Å². The molecule has 0 heterocycles. The minimum absolute atomic E-state index is 0.0260. The Balaban J connectivity index is 5.78. The van der Waals surface area contributed by atoms with Crippen molar-refractivity contribution in [1.82, 2.24) is 0 Å². The van der Waals surface area contributed by atoms with E-state index >= 15 is 0 Å². The van der Waals surface area contributed by atoms with E-state index in [9.17, 15) is 29.4 Å². The average molecular weight is 426 g/mol. The molecule has 0 aliphatic carbocycles. The average Bonchev–Trinajstić information content (AvgIpc) is 2.66. The standard InChI is InChI=1S/C20H26O10/c1-5-27-17(23)15(18(24)28-6-2)13(21)11-9-10-12-14(22)16(19(25)29-7-3)20(26)30-8-4/h9-12,21-22H,5-8H2,1-4H3/b11-9+,12-10+. The molecule has 2 N–H and O–H groups in total.